The largest absolute Gasteiger partial charge is 0.352 e. The number of carbonyl (C=O) groups excluding carboxylic acids is 2. The summed E-state index contributed by atoms with van der Waals surface area (Å²) in [5, 5.41) is 4.01. The number of carbonyl (C=O) groups is 2. The molecular formula is C15H18N2O2. The maximum absolute atomic E-state index is 11.6. The third kappa shape index (κ3) is 3.22. The van der Waals surface area contributed by atoms with Crippen molar-refractivity contribution in [2.45, 2.75) is 26.3 Å². The summed E-state index contributed by atoms with van der Waals surface area (Å²) in [4.78, 5) is 22.4. The second-order valence-corrected chi connectivity index (χ2v) is 4.76. The van der Waals surface area contributed by atoms with Crippen LogP contribution in [0.15, 0.2) is 30.5 Å². The van der Waals surface area contributed by atoms with E-state index in [1.54, 1.807) is 0 Å². The summed E-state index contributed by atoms with van der Waals surface area (Å²) in [6.45, 7) is 2.00. The van der Waals surface area contributed by atoms with Crippen LogP contribution in [0.4, 0.5) is 0 Å². The van der Waals surface area contributed by atoms with Gasteiger partial charge in [-0.15, -0.1) is 0 Å². The highest BCUT2D eigenvalue weighted by Gasteiger charge is 2.08. The van der Waals surface area contributed by atoms with E-state index in [0.29, 0.717) is 13.0 Å². The predicted octanol–water partition coefficient (Wildman–Crippen LogP) is 2.16. The molecule has 0 aliphatic heterocycles. The van der Waals surface area contributed by atoms with Gasteiger partial charge < -0.3 is 14.7 Å². The number of Topliss-reactive ketones (excluding diaryl/α,β-unsaturated/α-hetero) is 1. The molecule has 0 aliphatic carbocycles. The minimum atomic E-state index is -0.0804. The Kier molecular flexibility index (Phi) is 4.00. The molecule has 4 nitrogen and oxygen atoms in total. The van der Waals surface area contributed by atoms with Crippen molar-refractivity contribution < 1.29 is 9.59 Å². The molecule has 0 saturated heterocycles. The topological polar surface area (TPSA) is 51.1 Å². The zero-order chi connectivity index (χ0) is 13.8. The lowest BCUT2D eigenvalue weighted by atomic mass is 10.1. The van der Waals surface area contributed by atoms with Crippen molar-refractivity contribution in [3.63, 3.8) is 0 Å². The standard InChI is InChI=1S/C15H18N2O2/c1-11(18)7-8-15(19)16-9-12-10-17(2)14-6-4-3-5-13(12)14/h3-6,10H,7-9H2,1-2H3,(H,16,19). The number of aryl methyl sites for hydroxylation is 1. The Labute approximate surface area is 112 Å². The van der Waals surface area contributed by atoms with Crippen LogP contribution in [-0.2, 0) is 23.2 Å². The predicted molar refractivity (Wildman–Crippen MR) is 74.7 cm³/mol. The molecule has 0 bridgehead atoms. The van der Waals surface area contributed by atoms with Gasteiger partial charge in [0.15, 0.2) is 0 Å². The van der Waals surface area contributed by atoms with Crippen molar-refractivity contribution >= 4 is 22.6 Å². The maximum atomic E-state index is 11.6. The zero-order valence-corrected chi connectivity index (χ0v) is 11.3. The first kappa shape index (κ1) is 13.3. The van der Waals surface area contributed by atoms with Gasteiger partial charge in [0.2, 0.25) is 5.91 Å². The van der Waals surface area contributed by atoms with Gasteiger partial charge in [0.25, 0.3) is 0 Å². The Morgan fingerprint density at radius 2 is 1.95 bits per heavy atom. The van der Waals surface area contributed by atoms with E-state index in [2.05, 4.69) is 11.4 Å². The van der Waals surface area contributed by atoms with E-state index < -0.39 is 0 Å². The van der Waals surface area contributed by atoms with Crippen molar-refractivity contribution in [3.8, 4) is 0 Å². The second-order valence-electron chi connectivity index (χ2n) is 4.76. The summed E-state index contributed by atoms with van der Waals surface area (Å²) in [6.07, 6.45) is 2.59. The van der Waals surface area contributed by atoms with Gasteiger partial charge in [0.05, 0.1) is 0 Å². The number of amides is 1. The molecule has 100 valence electrons. The van der Waals surface area contributed by atoms with Gasteiger partial charge in [-0.3, -0.25) is 4.79 Å². The quantitative estimate of drug-likeness (QED) is 0.893. The summed E-state index contributed by atoms with van der Waals surface area (Å²) in [6, 6.07) is 8.09. The van der Waals surface area contributed by atoms with E-state index in [0.717, 1.165) is 16.5 Å². The Morgan fingerprint density at radius 3 is 2.68 bits per heavy atom. The number of benzene rings is 1. The molecule has 1 amide bonds. The van der Waals surface area contributed by atoms with Gasteiger partial charge in [-0.25, -0.2) is 0 Å². The van der Waals surface area contributed by atoms with E-state index in [1.165, 1.54) is 6.92 Å². The van der Waals surface area contributed by atoms with Crippen LogP contribution in [0, 0.1) is 0 Å². The first-order chi connectivity index (χ1) is 9.08. The number of rotatable bonds is 5. The minimum absolute atomic E-state index is 0.0420. The van der Waals surface area contributed by atoms with Crippen LogP contribution in [0.5, 0.6) is 0 Å². The molecular weight excluding hydrogens is 240 g/mol. The van der Waals surface area contributed by atoms with Gasteiger partial charge in [-0.2, -0.15) is 0 Å². The Morgan fingerprint density at radius 1 is 1.21 bits per heavy atom. The number of aromatic nitrogens is 1. The second kappa shape index (κ2) is 5.69. The third-order valence-corrected chi connectivity index (χ3v) is 3.16. The SMILES string of the molecule is CC(=O)CCC(=O)NCc1cn(C)c2ccccc12. The average molecular weight is 258 g/mol. The molecule has 0 atom stereocenters. The third-order valence-electron chi connectivity index (χ3n) is 3.16. The number of nitrogens with zero attached hydrogens (tertiary/aromatic N) is 1. The number of fused-ring (bicyclic) bond motifs is 1. The molecule has 0 fully saturated rings. The molecule has 0 aliphatic rings. The minimum Gasteiger partial charge on any atom is -0.352 e. The number of hydrogen-bond acceptors (Lipinski definition) is 2. The lowest BCUT2D eigenvalue weighted by molar-refractivity contribution is -0.124. The van der Waals surface area contributed by atoms with E-state index in [1.807, 2.05) is 36.0 Å². The summed E-state index contributed by atoms with van der Waals surface area (Å²) >= 11 is 0. The summed E-state index contributed by atoms with van der Waals surface area (Å²) in [5.41, 5.74) is 2.24. The fourth-order valence-corrected chi connectivity index (χ4v) is 2.14. The van der Waals surface area contributed by atoms with Crippen molar-refractivity contribution in [3.05, 3.63) is 36.0 Å². The Hall–Kier alpha value is -2.10. The normalized spacial score (nSPS) is 10.6. The zero-order valence-electron chi connectivity index (χ0n) is 11.3. The summed E-state index contributed by atoms with van der Waals surface area (Å²) < 4.78 is 2.05. The molecule has 1 aromatic heterocycles. The fraction of sp³-hybridized carbons (Fsp3) is 0.333. The fourth-order valence-electron chi connectivity index (χ4n) is 2.14. The highest BCUT2D eigenvalue weighted by molar-refractivity contribution is 5.86. The molecule has 19 heavy (non-hydrogen) atoms. The number of hydrogen-bond donors (Lipinski definition) is 1. The maximum Gasteiger partial charge on any atom is 0.220 e. The van der Waals surface area contributed by atoms with Crippen LogP contribution in [0.3, 0.4) is 0 Å². The molecule has 0 spiro atoms. The summed E-state index contributed by atoms with van der Waals surface area (Å²) in [7, 11) is 1.99. The molecule has 4 heteroatoms. The molecule has 1 aromatic carbocycles. The highest BCUT2D eigenvalue weighted by atomic mass is 16.2. The lowest BCUT2D eigenvalue weighted by Crippen LogP contribution is -2.22. The van der Waals surface area contributed by atoms with Gasteiger partial charge in [0, 0.05) is 43.5 Å². The molecule has 2 aromatic rings. The first-order valence-electron chi connectivity index (χ1n) is 6.37. The molecule has 1 heterocycles. The molecule has 0 unspecified atom stereocenters. The van der Waals surface area contributed by atoms with Crippen LogP contribution in [0.2, 0.25) is 0 Å². The Bertz CT molecular complexity index is 614. The van der Waals surface area contributed by atoms with E-state index >= 15 is 0 Å². The molecule has 0 radical (unpaired) electrons. The van der Waals surface area contributed by atoms with Crippen LogP contribution < -0.4 is 5.32 Å². The average Bonchev–Trinajstić information content (AvgIpc) is 2.71. The first-order valence-corrected chi connectivity index (χ1v) is 6.37. The molecule has 1 N–H and O–H groups in total. The van der Waals surface area contributed by atoms with Crippen molar-refractivity contribution in [1.82, 2.24) is 9.88 Å². The highest BCUT2D eigenvalue weighted by Crippen LogP contribution is 2.19. The smallest absolute Gasteiger partial charge is 0.220 e. The number of para-hydroxylation sites is 1. The van der Waals surface area contributed by atoms with Crippen molar-refractivity contribution in [2.24, 2.45) is 7.05 Å². The van der Waals surface area contributed by atoms with Gasteiger partial charge in [-0.1, -0.05) is 18.2 Å². The monoisotopic (exact) mass is 258 g/mol. The van der Waals surface area contributed by atoms with E-state index in [4.69, 9.17) is 0 Å². The lowest BCUT2D eigenvalue weighted by Gasteiger charge is -2.03. The van der Waals surface area contributed by atoms with Gasteiger partial charge in [-0.05, 0) is 18.6 Å². The van der Waals surface area contributed by atoms with Crippen LogP contribution in [0.25, 0.3) is 10.9 Å². The van der Waals surface area contributed by atoms with Gasteiger partial charge in [0.1, 0.15) is 5.78 Å². The molecule has 2 rings (SSSR count). The number of nitrogens with one attached hydrogen (secondary N) is 1. The van der Waals surface area contributed by atoms with E-state index in [-0.39, 0.29) is 18.1 Å². The van der Waals surface area contributed by atoms with Crippen LogP contribution in [-0.4, -0.2) is 16.3 Å². The van der Waals surface area contributed by atoms with Crippen molar-refractivity contribution in [1.29, 1.82) is 0 Å². The molecule has 0 saturated carbocycles. The van der Waals surface area contributed by atoms with Crippen molar-refractivity contribution in [2.75, 3.05) is 0 Å². The van der Waals surface area contributed by atoms with Crippen LogP contribution >= 0.6 is 0 Å². The Balaban J connectivity index is 2.02. The number of ketones is 1. The van der Waals surface area contributed by atoms with Gasteiger partial charge >= 0.3 is 0 Å². The van der Waals surface area contributed by atoms with E-state index in [9.17, 15) is 9.59 Å². The summed E-state index contributed by atoms with van der Waals surface area (Å²) in [5.74, 6) is -0.0385. The van der Waals surface area contributed by atoms with Crippen LogP contribution in [0.1, 0.15) is 25.3 Å².